The van der Waals surface area contributed by atoms with Crippen molar-refractivity contribution < 1.29 is 0 Å². The lowest BCUT2D eigenvalue weighted by Gasteiger charge is -2.36. The van der Waals surface area contributed by atoms with Crippen molar-refractivity contribution in [2.75, 3.05) is 0 Å². The molecule has 0 unspecified atom stereocenters. The van der Waals surface area contributed by atoms with Crippen molar-refractivity contribution in [3.8, 4) is 0 Å². The Labute approximate surface area is 111 Å². The fraction of sp³-hybridized carbons (Fsp3) is 0.250. The minimum Gasteiger partial charge on any atom is -0.0620 e. The largest absolute Gasteiger partial charge is 0.0620 e. The summed E-state index contributed by atoms with van der Waals surface area (Å²) in [6.45, 7) is 4.63. The van der Waals surface area contributed by atoms with Crippen molar-refractivity contribution in [2.45, 2.75) is 25.7 Å². The SMILES string of the molecule is CC1(C)c2ccccc2Cc2cccc(Br)c21. The third-order valence-electron chi connectivity index (χ3n) is 3.80. The predicted octanol–water partition coefficient (Wildman–Crippen LogP) is 4.68. The Morgan fingerprint density at radius 1 is 0.941 bits per heavy atom. The highest BCUT2D eigenvalue weighted by Gasteiger charge is 2.33. The van der Waals surface area contributed by atoms with Gasteiger partial charge < -0.3 is 0 Å². The van der Waals surface area contributed by atoms with E-state index in [1.807, 2.05) is 0 Å². The Kier molecular flexibility index (Phi) is 2.41. The van der Waals surface area contributed by atoms with E-state index in [1.54, 1.807) is 0 Å². The average molecular weight is 287 g/mol. The molecule has 0 nitrogen and oxygen atoms in total. The van der Waals surface area contributed by atoms with Crippen LogP contribution in [0.1, 0.15) is 36.1 Å². The molecule has 0 N–H and O–H groups in total. The van der Waals surface area contributed by atoms with E-state index in [4.69, 9.17) is 0 Å². The highest BCUT2D eigenvalue weighted by atomic mass is 79.9. The monoisotopic (exact) mass is 286 g/mol. The van der Waals surface area contributed by atoms with Gasteiger partial charge in [-0.1, -0.05) is 66.2 Å². The lowest BCUT2D eigenvalue weighted by molar-refractivity contribution is 0.607. The van der Waals surface area contributed by atoms with Gasteiger partial charge >= 0.3 is 0 Å². The van der Waals surface area contributed by atoms with Gasteiger partial charge in [-0.3, -0.25) is 0 Å². The Balaban J connectivity index is 2.32. The molecule has 0 aliphatic heterocycles. The Morgan fingerprint density at radius 2 is 1.65 bits per heavy atom. The van der Waals surface area contributed by atoms with E-state index in [-0.39, 0.29) is 5.41 Å². The molecule has 0 radical (unpaired) electrons. The summed E-state index contributed by atoms with van der Waals surface area (Å²) in [6.07, 6.45) is 1.05. The first-order valence-corrected chi connectivity index (χ1v) is 6.76. The van der Waals surface area contributed by atoms with Gasteiger partial charge in [0.2, 0.25) is 0 Å². The van der Waals surface area contributed by atoms with E-state index in [0.717, 1.165) is 6.42 Å². The van der Waals surface area contributed by atoms with Crippen LogP contribution in [0.25, 0.3) is 0 Å². The molecule has 0 saturated carbocycles. The molecule has 0 amide bonds. The van der Waals surface area contributed by atoms with E-state index in [2.05, 4.69) is 72.2 Å². The van der Waals surface area contributed by atoms with Crippen LogP contribution in [0.5, 0.6) is 0 Å². The number of rotatable bonds is 0. The summed E-state index contributed by atoms with van der Waals surface area (Å²) >= 11 is 3.71. The van der Waals surface area contributed by atoms with Crippen LogP contribution in [0, 0.1) is 0 Å². The standard InChI is InChI=1S/C16H15Br/c1-16(2)13-8-4-3-6-11(13)10-12-7-5-9-14(17)15(12)16/h3-9H,10H2,1-2H3. The highest BCUT2D eigenvalue weighted by molar-refractivity contribution is 9.10. The van der Waals surface area contributed by atoms with Crippen molar-refractivity contribution in [3.05, 3.63) is 69.2 Å². The summed E-state index contributed by atoms with van der Waals surface area (Å²) in [5, 5.41) is 0. The van der Waals surface area contributed by atoms with Crippen LogP contribution < -0.4 is 0 Å². The van der Waals surface area contributed by atoms with E-state index in [0.29, 0.717) is 0 Å². The number of hydrogen-bond donors (Lipinski definition) is 0. The summed E-state index contributed by atoms with van der Waals surface area (Å²) in [7, 11) is 0. The van der Waals surface area contributed by atoms with Gasteiger partial charge in [0.05, 0.1) is 0 Å². The van der Waals surface area contributed by atoms with Gasteiger partial charge in [-0.15, -0.1) is 0 Å². The van der Waals surface area contributed by atoms with Crippen molar-refractivity contribution in [1.82, 2.24) is 0 Å². The van der Waals surface area contributed by atoms with E-state index in [9.17, 15) is 0 Å². The zero-order valence-corrected chi connectivity index (χ0v) is 11.7. The van der Waals surface area contributed by atoms with Gasteiger partial charge in [0.1, 0.15) is 0 Å². The molecule has 2 aromatic carbocycles. The number of benzene rings is 2. The molecule has 0 heterocycles. The molecule has 2 aromatic rings. The number of hydrogen-bond acceptors (Lipinski definition) is 0. The van der Waals surface area contributed by atoms with E-state index < -0.39 is 0 Å². The van der Waals surface area contributed by atoms with E-state index >= 15 is 0 Å². The Bertz CT molecular complexity index is 582. The maximum atomic E-state index is 3.71. The first-order chi connectivity index (χ1) is 8.10. The van der Waals surface area contributed by atoms with Gasteiger partial charge in [-0.05, 0) is 34.7 Å². The van der Waals surface area contributed by atoms with Crippen LogP contribution >= 0.6 is 15.9 Å². The van der Waals surface area contributed by atoms with E-state index in [1.165, 1.54) is 26.7 Å². The van der Waals surface area contributed by atoms with Crippen LogP contribution in [-0.4, -0.2) is 0 Å². The second kappa shape index (κ2) is 3.71. The average Bonchev–Trinajstić information content (AvgIpc) is 2.28. The van der Waals surface area contributed by atoms with Crippen molar-refractivity contribution >= 4 is 15.9 Å². The van der Waals surface area contributed by atoms with Gasteiger partial charge in [0.25, 0.3) is 0 Å². The molecule has 0 fully saturated rings. The van der Waals surface area contributed by atoms with Crippen molar-refractivity contribution in [3.63, 3.8) is 0 Å². The topological polar surface area (TPSA) is 0 Å². The maximum absolute atomic E-state index is 3.71. The van der Waals surface area contributed by atoms with Crippen molar-refractivity contribution in [1.29, 1.82) is 0 Å². The fourth-order valence-corrected chi connectivity index (χ4v) is 3.94. The molecule has 1 aliphatic carbocycles. The quantitative estimate of drug-likeness (QED) is 0.660. The summed E-state index contributed by atoms with van der Waals surface area (Å²) < 4.78 is 1.23. The first kappa shape index (κ1) is 11.0. The summed E-state index contributed by atoms with van der Waals surface area (Å²) in [6, 6.07) is 15.3. The number of halogens is 1. The van der Waals surface area contributed by atoms with Gasteiger partial charge in [-0.2, -0.15) is 0 Å². The third kappa shape index (κ3) is 1.56. The molecule has 0 spiro atoms. The molecule has 0 bridgehead atoms. The van der Waals surface area contributed by atoms with Crippen LogP contribution in [0.15, 0.2) is 46.9 Å². The Morgan fingerprint density at radius 3 is 2.47 bits per heavy atom. The zero-order chi connectivity index (χ0) is 12.0. The Hall–Kier alpha value is -1.08. The molecule has 1 aliphatic rings. The summed E-state index contributed by atoms with van der Waals surface area (Å²) in [4.78, 5) is 0. The molecular formula is C16H15Br. The molecule has 0 saturated heterocycles. The van der Waals surface area contributed by atoms with Gasteiger partial charge in [-0.25, -0.2) is 0 Å². The van der Waals surface area contributed by atoms with Crippen molar-refractivity contribution in [2.24, 2.45) is 0 Å². The second-order valence-electron chi connectivity index (χ2n) is 5.23. The molecule has 0 aromatic heterocycles. The summed E-state index contributed by atoms with van der Waals surface area (Å²) in [5.41, 5.74) is 5.90. The van der Waals surface area contributed by atoms with Gasteiger partial charge in [0.15, 0.2) is 0 Å². The minimum absolute atomic E-state index is 0.0876. The molecule has 0 atom stereocenters. The molecule has 1 heteroatoms. The fourth-order valence-electron chi connectivity index (χ4n) is 3.04. The number of fused-ring (bicyclic) bond motifs is 2. The smallest absolute Gasteiger partial charge is 0.0219 e. The first-order valence-electron chi connectivity index (χ1n) is 5.97. The zero-order valence-electron chi connectivity index (χ0n) is 10.1. The van der Waals surface area contributed by atoms with Crippen LogP contribution in [-0.2, 0) is 11.8 Å². The highest BCUT2D eigenvalue weighted by Crippen LogP contribution is 2.44. The van der Waals surface area contributed by atoms with Crippen LogP contribution in [0.3, 0.4) is 0 Å². The van der Waals surface area contributed by atoms with Gasteiger partial charge in [0, 0.05) is 9.89 Å². The van der Waals surface area contributed by atoms with Crippen LogP contribution in [0.4, 0.5) is 0 Å². The molecular weight excluding hydrogens is 272 g/mol. The maximum Gasteiger partial charge on any atom is 0.0219 e. The molecule has 86 valence electrons. The van der Waals surface area contributed by atoms with Crippen LogP contribution in [0.2, 0.25) is 0 Å². The third-order valence-corrected chi connectivity index (χ3v) is 4.46. The predicted molar refractivity (Wildman–Crippen MR) is 75.5 cm³/mol. The summed E-state index contributed by atoms with van der Waals surface area (Å²) in [5.74, 6) is 0. The second-order valence-corrected chi connectivity index (χ2v) is 6.09. The minimum atomic E-state index is 0.0876. The lowest BCUT2D eigenvalue weighted by atomic mass is 9.69. The lowest BCUT2D eigenvalue weighted by Crippen LogP contribution is -2.27. The molecule has 3 rings (SSSR count). The molecule has 17 heavy (non-hydrogen) atoms. The normalized spacial score (nSPS) is 16.2.